The molecule has 1 aliphatic rings. The van der Waals surface area contributed by atoms with E-state index in [-0.39, 0.29) is 11.9 Å². The molecule has 0 bridgehead atoms. The number of likely N-dealkylation sites (tertiary alicyclic amines) is 1. The van der Waals surface area contributed by atoms with Gasteiger partial charge in [-0.2, -0.15) is 0 Å². The number of ether oxygens (including phenoxy) is 1. The first-order valence-corrected chi connectivity index (χ1v) is 11.0. The molecule has 2 aromatic carbocycles. The van der Waals surface area contributed by atoms with E-state index in [1.165, 1.54) is 12.8 Å². The lowest BCUT2D eigenvalue weighted by Crippen LogP contribution is -2.30. The van der Waals surface area contributed by atoms with Gasteiger partial charge < -0.3 is 14.1 Å². The minimum absolute atomic E-state index is 0.0412. The maximum Gasteiger partial charge on any atom is 0.223 e. The number of oxazole rings is 1. The number of benzene rings is 2. The second-order valence-corrected chi connectivity index (χ2v) is 8.02. The smallest absolute Gasteiger partial charge is 0.223 e. The fourth-order valence-electron chi connectivity index (χ4n) is 4.22. The van der Waals surface area contributed by atoms with Gasteiger partial charge in [-0.25, -0.2) is 4.98 Å². The molecule has 5 heteroatoms. The van der Waals surface area contributed by atoms with Crippen molar-refractivity contribution in [3.8, 4) is 16.9 Å². The Bertz CT molecular complexity index is 993. The highest BCUT2D eigenvalue weighted by atomic mass is 16.5. The Hall–Kier alpha value is -2.82. The first-order valence-electron chi connectivity index (χ1n) is 11.0. The van der Waals surface area contributed by atoms with Crippen LogP contribution in [0.4, 0.5) is 0 Å². The Morgan fingerprint density at radius 1 is 1.13 bits per heavy atom. The average molecular weight is 407 g/mol. The van der Waals surface area contributed by atoms with E-state index < -0.39 is 0 Å². The Labute approximate surface area is 178 Å². The fraction of sp³-hybridized carbons (Fsp3) is 0.440. The third-order valence-electron chi connectivity index (χ3n) is 5.93. The van der Waals surface area contributed by atoms with Gasteiger partial charge in [0, 0.05) is 13.0 Å². The molecule has 1 fully saturated rings. The van der Waals surface area contributed by atoms with Crippen LogP contribution in [0.3, 0.4) is 0 Å². The lowest BCUT2D eigenvalue weighted by Gasteiger charge is -2.22. The molecule has 1 unspecified atom stereocenters. The molecular formula is C25H30N2O3. The minimum atomic E-state index is -0.0412. The van der Waals surface area contributed by atoms with E-state index in [9.17, 15) is 4.79 Å². The monoisotopic (exact) mass is 406 g/mol. The SMILES string of the molecule is CCCCCCC(=O)N1CCCC1c1nc2cc(-c3ccc(OC)cc3)ccc2o1. The van der Waals surface area contributed by atoms with Crippen molar-refractivity contribution in [2.24, 2.45) is 0 Å². The van der Waals surface area contributed by atoms with E-state index in [0.29, 0.717) is 12.3 Å². The molecule has 0 N–H and O–H groups in total. The van der Waals surface area contributed by atoms with Crippen molar-refractivity contribution in [3.63, 3.8) is 0 Å². The summed E-state index contributed by atoms with van der Waals surface area (Å²) in [5.74, 6) is 1.73. The molecule has 0 radical (unpaired) electrons. The number of hydrogen-bond donors (Lipinski definition) is 0. The number of hydrogen-bond acceptors (Lipinski definition) is 4. The number of unbranched alkanes of at least 4 members (excludes halogenated alkanes) is 3. The molecule has 1 amide bonds. The van der Waals surface area contributed by atoms with Gasteiger partial charge in [-0.05, 0) is 54.7 Å². The van der Waals surface area contributed by atoms with E-state index >= 15 is 0 Å². The first-order chi connectivity index (χ1) is 14.7. The van der Waals surface area contributed by atoms with Gasteiger partial charge in [-0.1, -0.05) is 44.4 Å². The highest BCUT2D eigenvalue weighted by Gasteiger charge is 2.33. The van der Waals surface area contributed by atoms with Crippen molar-refractivity contribution in [2.45, 2.75) is 57.9 Å². The summed E-state index contributed by atoms with van der Waals surface area (Å²) in [5, 5.41) is 0. The predicted octanol–water partition coefficient (Wildman–Crippen LogP) is 6.14. The zero-order valence-electron chi connectivity index (χ0n) is 17.9. The molecule has 0 spiro atoms. The summed E-state index contributed by atoms with van der Waals surface area (Å²) in [6, 6.07) is 14.0. The number of amides is 1. The van der Waals surface area contributed by atoms with Crippen molar-refractivity contribution in [3.05, 3.63) is 48.4 Å². The maximum absolute atomic E-state index is 12.7. The number of fused-ring (bicyclic) bond motifs is 1. The number of carbonyl (C=O) groups is 1. The third-order valence-corrected chi connectivity index (χ3v) is 5.93. The van der Waals surface area contributed by atoms with Gasteiger partial charge in [0.25, 0.3) is 0 Å². The highest BCUT2D eigenvalue weighted by Crippen LogP contribution is 2.35. The lowest BCUT2D eigenvalue weighted by molar-refractivity contribution is -0.132. The van der Waals surface area contributed by atoms with E-state index in [1.54, 1.807) is 7.11 Å². The molecule has 4 rings (SSSR count). The first kappa shape index (κ1) is 20.5. The van der Waals surface area contributed by atoms with E-state index in [2.05, 4.69) is 13.0 Å². The summed E-state index contributed by atoms with van der Waals surface area (Å²) in [4.78, 5) is 19.5. The molecule has 0 aliphatic carbocycles. The summed E-state index contributed by atoms with van der Waals surface area (Å²) in [5.41, 5.74) is 3.79. The van der Waals surface area contributed by atoms with Gasteiger partial charge in [0.2, 0.25) is 11.8 Å². The summed E-state index contributed by atoms with van der Waals surface area (Å²) in [6.07, 6.45) is 7.01. The summed E-state index contributed by atoms with van der Waals surface area (Å²) in [6.45, 7) is 2.98. The second-order valence-electron chi connectivity index (χ2n) is 8.02. The Morgan fingerprint density at radius 3 is 2.70 bits per heavy atom. The van der Waals surface area contributed by atoms with Gasteiger partial charge in [0.15, 0.2) is 5.58 Å². The van der Waals surface area contributed by atoms with E-state index in [1.807, 2.05) is 41.3 Å². The number of methoxy groups -OCH3 is 1. The van der Waals surface area contributed by atoms with Gasteiger partial charge >= 0.3 is 0 Å². The van der Waals surface area contributed by atoms with Crippen LogP contribution in [-0.4, -0.2) is 29.4 Å². The van der Waals surface area contributed by atoms with E-state index in [4.69, 9.17) is 14.1 Å². The quantitative estimate of drug-likeness (QED) is 0.422. The van der Waals surface area contributed by atoms with Crippen LogP contribution in [0.25, 0.3) is 22.2 Å². The van der Waals surface area contributed by atoms with Gasteiger partial charge in [0.1, 0.15) is 17.3 Å². The lowest BCUT2D eigenvalue weighted by atomic mass is 10.1. The summed E-state index contributed by atoms with van der Waals surface area (Å²) in [7, 11) is 1.67. The molecule has 1 saturated heterocycles. The van der Waals surface area contributed by atoms with E-state index in [0.717, 1.165) is 60.2 Å². The van der Waals surface area contributed by atoms with Crippen LogP contribution >= 0.6 is 0 Å². The number of carbonyl (C=O) groups excluding carboxylic acids is 1. The zero-order valence-corrected chi connectivity index (χ0v) is 17.9. The van der Waals surface area contributed by atoms with Crippen molar-refractivity contribution in [1.82, 2.24) is 9.88 Å². The van der Waals surface area contributed by atoms with Crippen molar-refractivity contribution >= 4 is 17.0 Å². The number of aromatic nitrogens is 1. The molecule has 158 valence electrons. The van der Waals surface area contributed by atoms with Crippen LogP contribution in [-0.2, 0) is 4.79 Å². The van der Waals surface area contributed by atoms with Crippen LogP contribution in [0.5, 0.6) is 5.75 Å². The molecular weight excluding hydrogens is 376 g/mol. The molecule has 3 aromatic rings. The Morgan fingerprint density at radius 2 is 1.93 bits per heavy atom. The molecule has 30 heavy (non-hydrogen) atoms. The van der Waals surface area contributed by atoms with Crippen LogP contribution in [0.2, 0.25) is 0 Å². The average Bonchev–Trinajstić information content (AvgIpc) is 3.43. The maximum atomic E-state index is 12.7. The molecule has 0 saturated carbocycles. The second kappa shape index (κ2) is 9.33. The molecule has 2 heterocycles. The zero-order chi connectivity index (χ0) is 20.9. The molecule has 1 aliphatic heterocycles. The topological polar surface area (TPSA) is 55.6 Å². The van der Waals surface area contributed by atoms with Crippen molar-refractivity contribution in [2.75, 3.05) is 13.7 Å². The fourth-order valence-corrected chi connectivity index (χ4v) is 4.22. The van der Waals surface area contributed by atoms with Gasteiger partial charge in [0.05, 0.1) is 7.11 Å². The summed E-state index contributed by atoms with van der Waals surface area (Å²) >= 11 is 0. The van der Waals surface area contributed by atoms with Crippen molar-refractivity contribution in [1.29, 1.82) is 0 Å². The van der Waals surface area contributed by atoms with Crippen LogP contribution < -0.4 is 4.74 Å². The van der Waals surface area contributed by atoms with Crippen molar-refractivity contribution < 1.29 is 13.9 Å². The predicted molar refractivity (Wildman–Crippen MR) is 118 cm³/mol. The number of nitrogens with zero attached hydrogens (tertiary/aromatic N) is 2. The normalized spacial score (nSPS) is 16.3. The van der Waals surface area contributed by atoms with Crippen LogP contribution in [0.1, 0.15) is 63.8 Å². The van der Waals surface area contributed by atoms with Gasteiger partial charge in [-0.15, -0.1) is 0 Å². The Kier molecular flexibility index (Phi) is 6.36. The molecule has 5 nitrogen and oxygen atoms in total. The van der Waals surface area contributed by atoms with Crippen LogP contribution in [0, 0.1) is 0 Å². The number of rotatable bonds is 8. The third kappa shape index (κ3) is 4.35. The van der Waals surface area contributed by atoms with Crippen LogP contribution in [0.15, 0.2) is 46.9 Å². The van der Waals surface area contributed by atoms with Gasteiger partial charge in [-0.3, -0.25) is 4.79 Å². The highest BCUT2D eigenvalue weighted by molar-refractivity contribution is 5.81. The molecule has 1 aromatic heterocycles. The Balaban J connectivity index is 1.51. The molecule has 1 atom stereocenters. The standard InChI is InChI=1S/C25H30N2O3/c1-3-4-5-6-9-24(28)27-16-7-8-22(27)25-26-21-17-19(12-15-23(21)30-25)18-10-13-20(29-2)14-11-18/h10-15,17,22H,3-9,16H2,1-2H3. The minimum Gasteiger partial charge on any atom is -0.497 e. The largest absolute Gasteiger partial charge is 0.497 e. The summed E-state index contributed by atoms with van der Waals surface area (Å²) < 4.78 is 11.3.